The first-order valence-electron chi connectivity index (χ1n) is 13.4. The summed E-state index contributed by atoms with van der Waals surface area (Å²) in [6.07, 6.45) is 2.05. The fourth-order valence-electron chi connectivity index (χ4n) is 4.43. The number of unbranched alkanes of at least 4 members (excludes halogenated alkanes) is 1. The number of phenols is 1. The molecule has 0 aromatic heterocycles. The van der Waals surface area contributed by atoms with Crippen molar-refractivity contribution >= 4 is 17.9 Å². The number of carbonyl (C=O) groups is 3. The largest absolute Gasteiger partial charge is 0.508 e. The lowest BCUT2D eigenvalue weighted by atomic mass is 9.99. The second-order valence-electron chi connectivity index (χ2n) is 11.1. The van der Waals surface area contributed by atoms with Gasteiger partial charge in [-0.3, -0.25) is 9.59 Å². The number of benzene rings is 2. The summed E-state index contributed by atoms with van der Waals surface area (Å²) in [7, 11) is 0. The minimum Gasteiger partial charge on any atom is -0.508 e. The molecule has 2 aromatic carbocycles. The maximum absolute atomic E-state index is 14.3. The van der Waals surface area contributed by atoms with Crippen molar-refractivity contribution in [3.8, 4) is 5.75 Å². The molecule has 1 fully saturated rings. The number of rotatable bonds is 11. The lowest BCUT2D eigenvalue weighted by Crippen LogP contribution is -2.54. The zero-order chi connectivity index (χ0) is 27.9. The van der Waals surface area contributed by atoms with E-state index in [0.29, 0.717) is 12.1 Å². The van der Waals surface area contributed by atoms with E-state index in [1.54, 1.807) is 37.8 Å². The molecule has 1 aliphatic carbocycles. The number of ether oxygens (including phenoxy) is 1. The average Bonchev–Trinajstić information content (AvgIpc) is 3.57. The SMILES string of the molecule is CCCCNC(=O)C(c1ccc(O)cc1)N(C(=O)C(Cc1ccccc1)NC(=O)OC(C)(C)C)C1CC1C. The Kier molecular flexibility index (Phi) is 9.78. The number of nitrogens with zero attached hydrogens (tertiary/aromatic N) is 1. The highest BCUT2D eigenvalue weighted by molar-refractivity contribution is 5.92. The van der Waals surface area contributed by atoms with Crippen molar-refractivity contribution in [3.05, 3.63) is 65.7 Å². The van der Waals surface area contributed by atoms with Crippen molar-refractivity contribution < 1.29 is 24.2 Å². The quantitative estimate of drug-likeness (QED) is 0.369. The molecule has 4 atom stereocenters. The van der Waals surface area contributed by atoms with Crippen LogP contribution in [0.4, 0.5) is 4.79 Å². The first-order chi connectivity index (χ1) is 18.0. The van der Waals surface area contributed by atoms with E-state index in [0.717, 1.165) is 24.8 Å². The smallest absolute Gasteiger partial charge is 0.408 e. The second-order valence-corrected chi connectivity index (χ2v) is 11.1. The number of phenolic OH excluding ortho intramolecular Hbond substituents is 1. The van der Waals surface area contributed by atoms with E-state index in [2.05, 4.69) is 10.6 Å². The molecule has 0 aliphatic heterocycles. The van der Waals surface area contributed by atoms with Crippen LogP contribution in [0, 0.1) is 5.92 Å². The van der Waals surface area contributed by atoms with Gasteiger partial charge >= 0.3 is 6.09 Å². The summed E-state index contributed by atoms with van der Waals surface area (Å²) >= 11 is 0. The van der Waals surface area contributed by atoms with Crippen LogP contribution < -0.4 is 10.6 Å². The second kappa shape index (κ2) is 12.8. The Labute approximate surface area is 225 Å². The lowest BCUT2D eigenvalue weighted by molar-refractivity contribution is -0.143. The predicted octanol–water partition coefficient (Wildman–Crippen LogP) is 4.72. The first kappa shape index (κ1) is 29.0. The molecule has 1 saturated carbocycles. The zero-order valence-electron chi connectivity index (χ0n) is 23.1. The number of alkyl carbamates (subject to hydrolysis) is 1. The number of hydrogen-bond acceptors (Lipinski definition) is 5. The summed E-state index contributed by atoms with van der Waals surface area (Å²) in [5.41, 5.74) is 0.738. The van der Waals surface area contributed by atoms with E-state index in [-0.39, 0.29) is 35.9 Å². The van der Waals surface area contributed by atoms with Gasteiger partial charge in [-0.15, -0.1) is 0 Å². The van der Waals surface area contributed by atoms with Crippen LogP contribution in [0.2, 0.25) is 0 Å². The van der Waals surface area contributed by atoms with Crippen molar-refractivity contribution in [1.82, 2.24) is 15.5 Å². The van der Waals surface area contributed by atoms with Gasteiger partial charge in [-0.25, -0.2) is 4.79 Å². The number of nitrogens with one attached hydrogen (secondary N) is 2. The lowest BCUT2D eigenvalue weighted by Gasteiger charge is -2.35. The van der Waals surface area contributed by atoms with Crippen LogP contribution >= 0.6 is 0 Å². The summed E-state index contributed by atoms with van der Waals surface area (Å²) in [5.74, 6) is -0.351. The number of aromatic hydroxyl groups is 1. The molecule has 0 spiro atoms. The molecule has 0 bridgehead atoms. The molecule has 8 nitrogen and oxygen atoms in total. The number of amides is 3. The van der Waals surface area contributed by atoms with E-state index in [1.165, 1.54) is 12.1 Å². The standard InChI is InChI=1S/C30H41N3O5/c1-6-7-17-31-27(35)26(22-13-15-23(34)16-14-22)33(25-18-20(25)2)28(36)24(19-21-11-9-8-10-12-21)32-29(37)38-30(3,4)5/h8-16,20,24-26,34H,6-7,17-19H2,1-5H3,(H,31,35)(H,32,37). The maximum Gasteiger partial charge on any atom is 0.408 e. The molecule has 0 radical (unpaired) electrons. The normalized spacial score (nSPS) is 18.1. The molecule has 4 unspecified atom stereocenters. The summed E-state index contributed by atoms with van der Waals surface area (Å²) in [6.45, 7) is 9.87. The Morgan fingerprint density at radius 3 is 2.26 bits per heavy atom. The van der Waals surface area contributed by atoms with Gasteiger partial charge in [0.2, 0.25) is 11.8 Å². The molecule has 3 amide bonds. The fourth-order valence-corrected chi connectivity index (χ4v) is 4.43. The van der Waals surface area contributed by atoms with E-state index >= 15 is 0 Å². The minimum atomic E-state index is -0.942. The molecule has 1 aliphatic rings. The average molecular weight is 524 g/mol. The van der Waals surface area contributed by atoms with Crippen molar-refractivity contribution in [2.75, 3.05) is 6.54 Å². The van der Waals surface area contributed by atoms with Crippen LogP contribution in [0.1, 0.15) is 71.0 Å². The first-order valence-corrected chi connectivity index (χ1v) is 13.4. The van der Waals surface area contributed by atoms with Gasteiger partial charge in [-0.2, -0.15) is 0 Å². The zero-order valence-corrected chi connectivity index (χ0v) is 23.1. The van der Waals surface area contributed by atoms with E-state index in [1.807, 2.05) is 44.2 Å². The topological polar surface area (TPSA) is 108 Å². The third-order valence-electron chi connectivity index (χ3n) is 6.52. The molecule has 8 heteroatoms. The molecule has 206 valence electrons. The molecule has 3 N–H and O–H groups in total. The number of hydrogen-bond donors (Lipinski definition) is 3. The van der Waals surface area contributed by atoms with Crippen LogP contribution in [0.3, 0.4) is 0 Å². The van der Waals surface area contributed by atoms with Crippen LogP contribution in [0.5, 0.6) is 5.75 Å². The van der Waals surface area contributed by atoms with Gasteiger partial charge in [0.15, 0.2) is 0 Å². The highest BCUT2D eigenvalue weighted by Gasteiger charge is 2.48. The molecule has 0 saturated heterocycles. The monoisotopic (exact) mass is 523 g/mol. The Morgan fingerprint density at radius 2 is 1.71 bits per heavy atom. The van der Waals surface area contributed by atoms with Crippen molar-refractivity contribution in [3.63, 3.8) is 0 Å². The summed E-state index contributed by atoms with van der Waals surface area (Å²) in [5, 5.41) is 15.6. The molecule has 3 rings (SSSR count). The van der Waals surface area contributed by atoms with E-state index in [4.69, 9.17) is 4.74 Å². The molecular weight excluding hydrogens is 482 g/mol. The Balaban J connectivity index is 1.99. The third-order valence-corrected chi connectivity index (χ3v) is 6.52. The third kappa shape index (κ3) is 8.23. The van der Waals surface area contributed by atoms with Gasteiger partial charge in [-0.05, 0) is 62.8 Å². The van der Waals surface area contributed by atoms with E-state index in [9.17, 15) is 19.5 Å². The summed E-state index contributed by atoms with van der Waals surface area (Å²) in [6, 6.07) is 13.8. The molecular formula is C30H41N3O5. The van der Waals surface area contributed by atoms with Gasteiger partial charge in [-0.1, -0.05) is 62.7 Å². The van der Waals surface area contributed by atoms with Gasteiger partial charge in [0, 0.05) is 19.0 Å². The van der Waals surface area contributed by atoms with Crippen molar-refractivity contribution in [2.24, 2.45) is 5.92 Å². The summed E-state index contributed by atoms with van der Waals surface area (Å²) in [4.78, 5) is 42.4. The fraction of sp³-hybridized carbons (Fsp3) is 0.500. The Bertz CT molecular complexity index is 1080. The van der Waals surface area contributed by atoms with Gasteiger partial charge in [0.1, 0.15) is 23.4 Å². The molecule has 38 heavy (non-hydrogen) atoms. The highest BCUT2D eigenvalue weighted by atomic mass is 16.6. The van der Waals surface area contributed by atoms with Crippen LogP contribution in [0.25, 0.3) is 0 Å². The van der Waals surface area contributed by atoms with Gasteiger partial charge < -0.3 is 25.4 Å². The van der Waals surface area contributed by atoms with Crippen molar-refractivity contribution in [1.29, 1.82) is 0 Å². The van der Waals surface area contributed by atoms with Gasteiger partial charge in [0.05, 0.1) is 0 Å². The summed E-state index contributed by atoms with van der Waals surface area (Å²) < 4.78 is 5.48. The predicted molar refractivity (Wildman–Crippen MR) is 146 cm³/mol. The minimum absolute atomic E-state index is 0.0742. The van der Waals surface area contributed by atoms with Crippen molar-refractivity contribution in [2.45, 2.75) is 84.0 Å². The van der Waals surface area contributed by atoms with E-state index < -0.39 is 23.8 Å². The van der Waals surface area contributed by atoms with Crippen LogP contribution in [-0.2, 0) is 20.7 Å². The number of carbonyl (C=O) groups excluding carboxylic acids is 3. The Morgan fingerprint density at radius 1 is 1.08 bits per heavy atom. The van der Waals surface area contributed by atoms with Gasteiger partial charge in [0.25, 0.3) is 0 Å². The Hall–Kier alpha value is -3.55. The molecule has 0 heterocycles. The maximum atomic E-state index is 14.3. The van der Waals surface area contributed by atoms with Crippen LogP contribution in [0.15, 0.2) is 54.6 Å². The molecule has 2 aromatic rings. The van der Waals surface area contributed by atoms with Crippen LogP contribution in [-0.4, -0.2) is 52.1 Å². The highest BCUT2D eigenvalue weighted by Crippen LogP contribution is 2.41.